The third-order valence-corrected chi connectivity index (χ3v) is 1.98. The summed E-state index contributed by atoms with van der Waals surface area (Å²) in [5, 5.41) is 11.3. The lowest BCUT2D eigenvalue weighted by Crippen LogP contribution is -2.38. The summed E-state index contributed by atoms with van der Waals surface area (Å²) in [6.45, 7) is 1.25. The molecule has 0 saturated heterocycles. The normalized spacial score (nSPS) is 11.3. The van der Waals surface area contributed by atoms with Crippen LogP contribution >= 0.6 is 0 Å². The number of nitrogens with zero attached hydrogens (tertiary/aromatic N) is 2. The zero-order chi connectivity index (χ0) is 15.0. The lowest BCUT2D eigenvalue weighted by atomic mass is 10.3. The average Bonchev–Trinajstić information content (AvgIpc) is 2.45. The molecule has 20 heavy (non-hydrogen) atoms. The zero-order valence-corrected chi connectivity index (χ0v) is 10.6. The van der Waals surface area contributed by atoms with E-state index in [1.807, 2.05) is 5.32 Å². The van der Waals surface area contributed by atoms with E-state index in [0.717, 1.165) is 0 Å². The van der Waals surface area contributed by atoms with E-state index < -0.39 is 30.7 Å². The number of aliphatic hydroxyl groups excluding tert-OH is 1. The number of aliphatic hydroxyl groups is 1. The standard InChI is InChI=1S/C11H13N3O6/c1-2-19-10(17)8(15)5-14-11(18)20-9(16)7-3-12-6-13-4-7/h3-4,6,8,15H,2,5H2,1H3,(H,14,18). The second-order valence-electron chi connectivity index (χ2n) is 3.45. The minimum atomic E-state index is -1.53. The molecule has 1 heterocycles. The van der Waals surface area contributed by atoms with Crippen molar-refractivity contribution in [2.24, 2.45) is 0 Å². The number of aromatic nitrogens is 2. The number of esters is 2. The highest BCUT2D eigenvalue weighted by atomic mass is 16.6. The molecule has 1 atom stereocenters. The maximum atomic E-state index is 11.4. The van der Waals surface area contributed by atoms with Crippen LogP contribution in [0.1, 0.15) is 17.3 Å². The summed E-state index contributed by atoms with van der Waals surface area (Å²) in [5.74, 6) is -1.83. The Bertz CT molecular complexity index is 478. The summed E-state index contributed by atoms with van der Waals surface area (Å²) < 4.78 is 8.92. The molecular formula is C11H13N3O6. The zero-order valence-electron chi connectivity index (χ0n) is 10.6. The molecule has 0 saturated carbocycles. The van der Waals surface area contributed by atoms with Crippen LogP contribution in [0.5, 0.6) is 0 Å². The van der Waals surface area contributed by atoms with Crippen molar-refractivity contribution in [2.45, 2.75) is 13.0 Å². The van der Waals surface area contributed by atoms with Crippen molar-refractivity contribution in [3.63, 3.8) is 0 Å². The number of carbonyl (C=O) groups is 3. The van der Waals surface area contributed by atoms with Crippen LogP contribution in [0.4, 0.5) is 4.79 Å². The van der Waals surface area contributed by atoms with Gasteiger partial charge < -0.3 is 19.9 Å². The van der Waals surface area contributed by atoms with E-state index >= 15 is 0 Å². The monoisotopic (exact) mass is 283 g/mol. The Hall–Kier alpha value is -2.55. The van der Waals surface area contributed by atoms with Crippen LogP contribution in [0.3, 0.4) is 0 Å². The van der Waals surface area contributed by atoms with Gasteiger partial charge in [0.1, 0.15) is 6.33 Å². The fourth-order valence-electron chi connectivity index (χ4n) is 1.09. The van der Waals surface area contributed by atoms with Crippen molar-refractivity contribution in [2.75, 3.05) is 13.2 Å². The van der Waals surface area contributed by atoms with Crippen LogP contribution < -0.4 is 5.32 Å². The highest BCUT2D eigenvalue weighted by Crippen LogP contribution is 1.97. The molecule has 1 aromatic heterocycles. The fraction of sp³-hybridized carbons (Fsp3) is 0.364. The Morgan fingerprint density at radius 2 is 2.00 bits per heavy atom. The Morgan fingerprint density at radius 3 is 2.60 bits per heavy atom. The van der Waals surface area contributed by atoms with Gasteiger partial charge in [0.2, 0.25) is 0 Å². The van der Waals surface area contributed by atoms with E-state index in [1.165, 1.54) is 18.7 Å². The molecule has 0 aliphatic rings. The van der Waals surface area contributed by atoms with Gasteiger partial charge in [0.05, 0.1) is 18.7 Å². The third-order valence-electron chi connectivity index (χ3n) is 1.98. The molecule has 9 nitrogen and oxygen atoms in total. The van der Waals surface area contributed by atoms with Crippen LogP contribution in [0.2, 0.25) is 0 Å². The molecule has 0 fully saturated rings. The molecule has 108 valence electrons. The SMILES string of the molecule is CCOC(=O)C(O)CNC(=O)OC(=O)c1cncnc1. The number of ether oxygens (including phenoxy) is 2. The summed E-state index contributed by atoms with van der Waals surface area (Å²) >= 11 is 0. The maximum absolute atomic E-state index is 11.4. The predicted molar refractivity (Wildman–Crippen MR) is 63.5 cm³/mol. The number of amides is 1. The highest BCUT2D eigenvalue weighted by molar-refractivity contribution is 5.95. The van der Waals surface area contributed by atoms with Gasteiger partial charge in [-0.1, -0.05) is 0 Å². The van der Waals surface area contributed by atoms with E-state index in [4.69, 9.17) is 0 Å². The van der Waals surface area contributed by atoms with Crippen molar-refractivity contribution < 1.29 is 29.0 Å². The highest BCUT2D eigenvalue weighted by Gasteiger charge is 2.19. The molecule has 9 heteroatoms. The van der Waals surface area contributed by atoms with Crippen molar-refractivity contribution in [1.82, 2.24) is 15.3 Å². The molecule has 0 aliphatic carbocycles. The van der Waals surface area contributed by atoms with Gasteiger partial charge in [-0.3, -0.25) is 0 Å². The van der Waals surface area contributed by atoms with E-state index in [9.17, 15) is 19.5 Å². The van der Waals surface area contributed by atoms with E-state index in [-0.39, 0.29) is 12.2 Å². The molecule has 0 aromatic carbocycles. The molecule has 0 radical (unpaired) electrons. The quantitative estimate of drug-likeness (QED) is 0.534. The largest absolute Gasteiger partial charge is 0.464 e. The molecular weight excluding hydrogens is 270 g/mol. The molecule has 0 aliphatic heterocycles. The molecule has 0 bridgehead atoms. The molecule has 2 N–H and O–H groups in total. The first-order valence-corrected chi connectivity index (χ1v) is 5.64. The second kappa shape index (κ2) is 7.79. The first-order chi connectivity index (χ1) is 9.54. The van der Waals surface area contributed by atoms with Crippen LogP contribution in [-0.4, -0.2) is 52.4 Å². The summed E-state index contributed by atoms with van der Waals surface area (Å²) in [5.41, 5.74) is -0.00593. The fourth-order valence-corrected chi connectivity index (χ4v) is 1.09. The van der Waals surface area contributed by atoms with Gasteiger partial charge in [-0.2, -0.15) is 0 Å². The first kappa shape index (κ1) is 15.5. The Morgan fingerprint density at radius 1 is 1.35 bits per heavy atom. The number of nitrogens with one attached hydrogen (secondary N) is 1. The lowest BCUT2D eigenvalue weighted by Gasteiger charge is -2.10. The summed E-state index contributed by atoms with van der Waals surface area (Å²) in [6, 6.07) is 0. The van der Waals surface area contributed by atoms with E-state index in [2.05, 4.69) is 19.4 Å². The van der Waals surface area contributed by atoms with E-state index in [0.29, 0.717) is 0 Å². The van der Waals surface area contributed by atoms with Crippen molar-refractivity contribution in [3.8, 4) is 0 Å². The lowest BCUT2D eigenvalue weighted by molar-refractivity contribution is -0.152. The Balaban J connectivity index is 2.37. The molecule has 1 rings (SSSR count). The van der Waals surface area contributed by atoms with Gasteiger partial charge in [-0.25, -0.2) is 24.4 Å². The van der Waals surface area contributed by atoms with Crippen LogP contribution in [0.25, 0.3) is 0 Å². The molecule has 1 unspecified atom stereocenters. The van der Waals surface area contributed by atoms with Crippen LogP contribution in [0, 0.1) is 0 Å². The summed E-state index contributed by atoms with van der Waals surface area (Å²) in [7, 11) is 0. The predicted octanol–water partition coefficient (Wildman–Crippen LogP) is -0.733. The van der Waals surface area contributed by atoms with Crippen LogP contribution in [-0.2, 0) is 14.3 Å². The van der Waals surface area contributed by atoms with Crippen LogP contribution in [0.15, 0.2) is 18.7 Å². The second-order valence-corrected chi connectivity index (χ2v) is 3.45. The van der Waals surface area contributed by atoms with Gasteiger partial charge in [0.15, 0.2) is 6.10 Å². The summed E-state index contributed by atoms with van der Waals surface area (Å²) in [6.07, 6.45) is 0.929. The van der Waals surface area contributed by atoms with Gasteiger partial charge in [0.25, 0.3) is 0 Å². The van der Waals surface area contributed by atoms with Crippen molar-refractivity contribution >= 4 is 18.0 Å². The van der Waals surface area contributed by atoms with Gasteiger partial charge in [-0.05, 0) is 6.92 Å². The Kier molecular flexibility index (Phi) is 6.04. The number of carbonyl (C=O) groups excluding carboxylic acids is 3. The molecule has 1 aromatic rings. The number of alkyl carbamates (subject to hydrolysis) is 1. The Labute approximate surface area is 113 Å². The minimum absolute atomic E-state index is 0.00593. The number of hydrogen-bond acceptors (Lipinski definition) is 8. The van der Waals surface area contributed by atoms with E-state index in [1.54, 1.807) is 6.92 Å². The average molecular weight is 283 g/mol. The minimum Gasteiger partial charge on any atom is -0.464 e. The number of rotatable bonds is 5. The maximum Gasteiger partial charge on any atom is 0.415 e. The molecule has 0 spiro atoms. The topological polar surface area (TPSA) is 128 Å². The van der Waals surface area contributed by atoms with Crippen molar-refractivity contribution in [3.05, 3.63) is 24.3 Å². The summed E-state index contributed by atoms with van der Waals surface area (Å²) in [4.78, 5) is 40.9. The number of hydrogen-bond donors (Lipinski definition) is 2. The van der Waals surface area contributed by atoms with Crippen molar-refractivity contribution in [1.29, 1.82) is 0 Å². The molecule has 1 amide bonds. The van der Waals surface area contributed by atoms with Gasteiger partial charge >= 0.3 is 18.0 Å². The van der Waals surface area contributed by atoms with Gasteiger partial charge in [-0.15, -0.1) is 0 Å². The first-order valence-electron chi connectivity index (χ1n) is 5.64. The van der Waals surface area contributed by atoms with Gasteiger partial charge in [0, 0.05) is 12.4 Å². The third kappa shape index (κ3) is 4.98. The smallest absolute Gasteiger partial charge is 0.415 e.